The second-order valence-corrected chi connectivity index (χ2v) is 9.22. The molecule has 0 radical (unpaired) electrons. The lowest BCUT2D eigenvalue weighted by Gasteiger charge is -2.20. The molecule has 2 aromatic carbocycles. The largest absolute Gasteiger partial charge is 0.346 e. The minimum atomic E-state index is -3.37. The zero-order valence-electron chi connectivity index (χ0n) is 16.0. The average molecular weight is 387 g/mol. The van der Waals surface area contributed by atoms with Crippen LogP contribution in [0.15, 0.2) is 42.5 Å². The maximum atomic E-state index is 12.7. The molecule has 0 fully saturated rings. The van der Waals surface area contributed by atoms with E-state index in [4.69, 9.17) is 0 Å². The fraction of sp³-hybridized carbons (Fsp3) is 0.381. The molecular weight excluding hydrogens is 360 g/mol. The van der Waals surface area contributed by atoms with Crippen LogP contribution in [-0.2, 0) is 22.9 Å². The molecule has 3 rings (SSSR count). The van der Waals surface area contributed by atoms with Gasteiger partial charge in [-0.25, -0.2) is 8.42 Å². The molecule has 27 heavy (non-hydrogen) atoms. The second-order valence-electron chi connectivity index (χ2n) is 7.21. The molecule has 0 unspecified atom stereocenters. The molecule has 1 N–H and O–H groups in total. The standard InChI is InChI=1S/C21H26N2O3S/c1-15(17-12-11-16-7-4-5-8-18(16)13-17)22-21(24)19-9-6-10-20(14-19)23(2)27(3,25)26/h6,9-15H,4-5,7-8H2,1-3H3,(H,22,24)/t15-/m1/s1. The van der Waals surface area contributed by atoms with Crippen LogP contribution in [0, 0.1) is 0 Å². The van der Waals surface area contributed by atoms with Crippen LogP contribution >= 0.6 is 0 Å². The number of nitrogens with one attached hydrogen (secondary N) is 1. The molecule has 1 atom stereocenters. The average Bonchev–Trinajstić information content (AvgIpc) is 2.66. The first-order valence-corrected chi connectivity index (χ1v) is 11.1. The van der Waals surface area contributed by atoms with Gasteiger partial charge in [0.25, 0.3) is 5.91 Å². The van der Waals surface area contributed by atoms with E-state index in [0.717, 1.165) is 29.0 Å². The Morgan fingerprint density at radius 2 is 1.78 bits per heavy atom. The highest BCUT2D eigenvalue weighted by Gasteiger charge is 2.17. The molecule has 0 aromatic heterocycles. The maximum Gasteiger partial charge on any atom is 0.251 e. The molecular formula is C21H26N2O3S. The maximum absolute atomic E-state index is 12.7. The van der Waals surface area contributed by atoms with E-state index in [0.29, 0.717) is 11.3 Å². The molecule has 144 valence electrons. The number of sulfonamides is 1. The van der Waals surface area contributed by atoms with Gasteiger partial charge in [-0.2, -0.15) is 0 Å². The predicted molar refractivity (Wildman–Crippen MR) is 109 cm³/mol. The fourth-order valence-corrected chi connectivity index (χ4v) is 3.92. The second kappa shape index (κ2) is 7.72. The molecule has 2 aromatic rings. The number of aryl methyl sites for hydroxylation is 2. The zero-order valence-corrected chi connectivity index (χ0v) is 16.8. The minimum absolute atomic E-state index is 0.124. The van der Waals surface area contributed by atoms with E-state index in [1.54, 1.807) is 24.3 Å². The Bertz CT molecular complexity index is 954. The first kappa shape index (κ1) is 19.4. The minimum Gasteiger partial charge on any atom is -0.346 e. The van der Waals surface area contributed by atoms with Gasteiger partial charge >= 0.3 is 0 Å². The van der Waals surface area contributed by atoms with Gasteiger partial charge in [0.15, 0.2) is 0 Å². The van der Waals surface area contributed by atoms with Gasteiger partial charge in [0, 0.05) is 12.6 Å². The van der Waals surface area contributed by atoms with Gasteiger partial charge in [-0.1, -0.05) is 24.3 Å². The smallest absolute Gasteiger partial charge is 0.251 e. The summed E-state index contributed by atoms with van der Waals surface area (Å²) in [4.78, 5) is 12.7. The Hall–Kier alpha value is -2.34. The number of fused-ring (bicyclic) bond motifs is 1. The number of carbonyl (C=O) groups excluding carboxylic acids is 1. The van der Waals surface area contributed by atoms with Gasteiger partial charge in [0.1, 0.15) is 0 Å². The first-order chi connectivity index (χ1) is 12.8. The van der Waals surface area contributed by atoms with Crippen molar-refractivity contribution in [1.29, 1.82) is 0 Å². The van der Waals surface area contributed by atoms with Crippen molar-refractivity contribution < 1.29 is 13.2 Å². The Balaban J connectivity index is 1.75. The number of hydrogen-bond acceptors (Lipinski definition) is 3. The van der Waals surface area contributed by atoms with E-state index in [9.17, 15) is 13.2 Å². The first-order valence-electron chi connectivity index (χ1n) is 9.22. The van der Waals surface area contributed by atoms with Crippen LogP contribution < -0.4 is 9.62 Å². The number of anilines is 1. The van der Waals surface area contributed by atoms with Crippen molar-refractivity contribution in [3.8, 4) is 0 Å². The lowest BCUT2D eigenvalue weighted by Crippen LogP contribution is -2.28. The van der Waals surface area contributed by atoms with Crippen LogP contribution in [0.5, 0.6) is 0 Å². The molecule has 0 aliphatic heterocycles. The lowest BCUT2D eigenvalue weighted by molar-refractivity contribution is 0.0940. The quantitative estimate of drug-likeness (QED) is 0.856. The summed E-state index contributed by atoms with van der Waals surface area (Å²) >= 11 is 0. The summed E-state index contributed by atoms with van der Waals surface area (Å²) in [6.07, 6.45) is 5.84. The molecule has 0 heterocycles. The van der Waals surface area contributed by atoms with Crippen LogP contribution in [0.3, 0.4) is 0 Å². The third-order valence-electron chi connectivity index (χ3n) is 5.19. The number of benzene rings is 2. The normalized spacial score (nSPS) is 14.9. The molecule has 1 aliphatic rings. The number of amides is 1. The summed E-state index contributed by atoms with van der Waals surface area (Å²) in [6.45, 7) is 1.97. The third kappa shape index (κ3) is 4.50. The van der Waals surface area contributed by atoms with Crippen LogP contribution in [0.2, 0.25) is 0 Å². The summed E-state index contributed by atoms with van der Waals surface area (Å²) in [7, 11) is -1.90. The van der Waals surface area contributed by atoms with Crippen molar-refractivity contribution in [3.63, 3.8) is 0 Å². The predicted octanol–water partition coefficient (Wildman–Crippen LogP) is 3.45. The summed E-state index contributed by atoms with van der Waals surface area (Å²) in [6, 6.07) is 13.0. The summed E-state index contributed by atoms with van der Waals surface area (Å²) < 4.78 is 24.6. The lowest BCUT2D eigenvalue weighted by atomic mass is 9.89. The number of rotatable bonds is 5. The Kier molecular flexibility index (Phi) is 5.56. The molecule has 5 nitrogen and oxygen atoms in total. The number of nitrogens with zero attached hydrogens (tertiary/aromatic N) is 1. The molecule has 0 saturated carbocycles. The molecule has 6 heteroatoms. The van der Waals surface area contributed by atoms with Gasteiger partial charge < -0.3 is 5.32 Å². The molecule has 1 aliphatic carbocycles. The number of carbonyl (C=O) groups is 1. The summed E-state index contributed by atoms with van der Waals surface area (Å²) in [5.41, 5.74) is 4.80. The Morgan fingerprint density at radius 3 is 2.48 bits per heavy atom. The van der Waals surface area contributed by atoms with Crippen LogP contribution in [-0.4, -0.2) is 27.6 Å². The highest BCUT2D eigenvalue weighted by atomic mass is 32.2. The third-order valence-corrected chi connectivity index (χ3v) is 6.40. The van der Waals surface area contributed by atoms with E-state index in [1.807, 2.05) is 6.92 Å². The van der Waals surface area contributed by atoms with Crippen LogP contribution in [0.25, 0.3) is 0 Å². The SMILES string of the molecule is C[C@@H](NC(=O)c1cccc(N(C)S(C)(=O)=O)c1)c1ccc2c(c1)CCCC2. The molecule has 1 amide bonds. The van der Waals surface area contributed by atoms with Crippen LogP contribution in [0.1, 0.15) is 52.9 Å². The Morgan fingerprint density at radius 1 is 1.07 bits per heavy atom. The zero-order chi connectivity index (χ0) is 19.6. The highest BCUT2D eigenvalue weighted by molar-refractivity contribution is 7.92. The van der Waals surface area contributed by atoms with Gasteiger partial charge in [-0.15, -0.1) is 0 Å². The van der Waals surface area contributed by atoms with Crippen molar-refractivity contribution in [2.24, 2.45) is 0 Å². The van der Waals surface area contributed by atoms with E-state index >= 15 is 0 Å². The summed E-state index contributed by atoms with van der Waals surface area (Å²) in [5, 5.41) is 3.02. The number of hydrogen-bond donors (Lipinski definition) is 1. The van der Waals surface area contributed by atoms with Gasteiger partial charge in [0.05, 0.1) is 18.0 Å². The van der Waals surface area contributed by atoms with Crippen molar-refractivity contribution in [1.82, 2.24) is 5.32 Å². The topological polar surface area (TPSA) is 66.5 Å². The van der Waals surface area contributed by atoms with E-state index in [1.165, 1.54) is 31.0 Å². The highest BCUT2D eigenvalue weighted by Crippen LogP contribution is 2.25. The van der Waals surface area contributed by atoms with Crippen molar-refractivity contribution in [3.05, 3.63) is 64.7 Å². The monoisotopic (exact) mass is 386 g/mol. The van der Waals surface area contributed by atoms with E-state index < -0.39 is 10.0 Å². The molecule has 0 bridgehead atoms. The van der Waals surface area contributed by atoms with Crippen molar-refractivity contribution in [2.45, 2.75) is 38.6 Å². The summed E-state index contributed by atoms with van der Waals surface area (Å²) in [5.74, 6) is -0.219. The fourth-order valence-electron chi connectivity index (χ4n) is 3.42. The molecule has 0 saturated heterocycles. The van der Waals surface area contributed by atoms with Gasteiger partial charge in [-0.05, 0) is 67.5 Å². The Labute approximate surface area is 161 Å². The van der Waals surface area contributed by atoms with Crippen molar-refractivity contribution >= 4 is 21.6 Å². The van der Waals surface area contributed by atoms with E-state index in [-0.39, 0.29) is 11.9 Å². The van der Waals surface area contributed by atoms with Crippen LogP contribution in [0.4, 0.5) is 5.69 Å². The van der Waals surface area contributed by atoms with Gasteiger partial charge in [0.2, 0.25) is 10.0 Å². The molecule has 0 spiro atoms. The van der Waals surface area contributed by atoms with Crippen molar-refractivity contribution in [2.75, 3.05) is 17.6 Å². The van der Waals surface area contributed by atoms with E-state index in [2.05, 4.69) is 23.5 Å². The van der Waals surface area contributed by atoms with Gasteiger partial charge in [-0.3, -0.25) is 9.10 Å².